The second kappa shape index (κ2) is 7.50. The fourth-order valence-corrected chi connectivity index (χ4v) is 4.32. The third-order valence-corrected chi connectivity index (χ3v) is 6.04. The zero-order valence-corrected chi connectivity index (χ0v) is 16.0. The number of ketones is 1. The van der Waals surface area contributed by atoms with Gasteiger partial charge in [-0.2, -0.15) is 0 Å². The summed E-state index contributed by atoms with van der Waals surface area (Å²) in [5, 5.41) is 6.30. The van der Waals surface area contributed by atoms with Crippen LogP contribution in [0.25, 0.3) is 0 Å². The van der Waals surface area contributed by atoms with Crippen LogP contribution >= 0.6 is 0 Å². The number of rotatable bonds is 2. The van der Waals surface area contributed by atoms with Crippen molar-refractivity contribution in [3.8, 4) is 0 Å². The minimum atomic E-state index is -0.482. The van der Waals surface area contributed by atoms with Crippen LogP contribution in [0.5, 0.6) is 0 Å². The molecule has 6 nitrogen and oxygen atoms in total. The van der Waals surface area contributed by atoms with Gasteiger partial charge in [0.2, 0.25) is 0 Å². The molecule has 4 rings (SSSR count). The third-order valence-electron chi connectivity index (χ3n) is 6.04. The van der Waals surface area contributed by atoms with E-state index in [-0.39, 0.29) is 41.8 Å². The summed E-state index contributed by atoms with van der Waals surface area (Å²) in [4.78, 5) is 26.8. The number of hydrogen-bond acceptors (Lipinski definition) is 4. The van der Waals surface area contributed by atoms with E-state index in [9.17, 15) is 18.4 Å². The summed E-state index contributed by atoms with van der Waals surface area (Å²) in [6.07, 6.45) is 4.85. The highest BCUT2D eigenvalue weighted by Gasteiger charge is 2.45. The van der Waals surface area contributed by atoms with Crippen molar-refractivity contribution in [2.24, 2.45) is 5.92 Å². The van der Waals surface area contributed by atoms with Crippen LogP contribution in [0.4, 0.5) is 19.3 Å². The van der Waals surface area contributed by atoms with E-state index in [0.717, 1.165) is 11.3 Å². The lowest BCUT2D eigenvalue weighted by Crippen LogP contribution is -2.60. The lowest BCUT2D eigenvalue weighted by Gasteiger charge is -2.47. The molecule has 1 aromatic rings. The molecule has 0 unspecified atom stereocenters. The van der Waals surface area contributed by atoms with Crippen molar-refractivity contribution in [3.05, 3.63) is 53.3 Å². The van der Waals surface area contributed by atoms with Crippen LogP contribution in [-0.4, -0.2) is 35.3 Å². The van der Waals surface area contributed by atoms with Gasteiger partial charge in [-0.15, -0.1) is 0 Å². The molecule has 1 aromatic carbocycles. The maximum absolute atomic E-state index is 13.5. The number of allylic oxidation sites excluding steroid dienone is 4. The molecule has 2 saturated heterocycles. The Kier molecular flexibility index (Phi) is 5.02. The standard InChI is InChI=1S/C21H24F2N4O2/c22-14-2-4-18-15(10-14)19(28)11-21(26-18)5-7-27(8-6-21)20(29)25-12-13-1-3-16(23)17(24)9-13/h1-4,9,15,26H,5-8,10-12,24H2,(H,25,29)/t15-/m1/s1. The van der Waals surface area contributed by atoms with E-state index < -0.39 is 11.7 Å². The Morgan fingerprint density at radius 3 is 2.76 bits per heavy atom. The molecule has 2 heterocycles. The molecule has 1 aliphatic carbocycles. The predicted octanol–water partition coefficient (Wildman–Crippen LogP) is 2.77. The summed E-state index contributed by atoms with van der Waals surface area (Å²) in [5.41, 5.74) is 6.74. The highest BCUT2D eigenvalue weighted by molar-refractivity contribution is 5.87. The van der Waals surface area contributed by atoms with Crippen molar-refractivity contribution in [1.82, 2.24) is 15.5 Å². The van der Waals surface area contributed by atoms with Gasteiger partial charge in [0, 0.05) is 43.7 Å². The van der Waals surface area contributed by atoms with Gasteiger partial charge in [0.1, 0.15) is 17.4 Å². The number of piperidine rings is 2. The first-order valence-corrected chi connectivity index (χ1v) is 9.79. The average molecular weight is 402 g/mol. The van der Waals surface area contributed by atoms with Crippen molar-refractivity contribution in [3.63, 3.8) is 0 Å². The van der Waals surface area contributed by atoms with Crippen LogP contribution in [0, 0.1) is 11.7 Å². The number of amides is 2. The van der Waals surface area contributed by atoms with Crippen molar-refractivity contribution in [1.29, 1.82) is 0 Å². The summed E-state index contributed by atoms with van der Waals surface area (Å²) in [5.74, 6) is -1.09. The van der Waals surface area contributed by atoms with E-state index in [2.05, 4.69) is 10.6 Å². The molecular formula is C21H24F2N4O2. The molecule has 4 N–H and O–H groups in total. The molecule has 1 atom stereocenters. The van der Waals surface area contributed by atoms with Crippen LogP contribution < -0.4 is 16.4 Å². The fourth-order valence-electron chi connectivity index (χ4n) is 4.32. The molecule has 8 heteroatoms. The molecule has 2 fully saturated rings. The summed E-state index contributed by atoms with van der Waals surface area (Å²) >= 11 is 0. The Hall–Kier alpha value is -2.90. The molecule has 29 heavy (non-hydrogen) atoms. The van der Waals surface area contributed by atoms with Gasteiger partial charge in [-0.25, -0.2) is 13.6 Å². The van der Waals surface area contributed by atoms with Gasteiger partial charge in [0.05, 0.1) is 11.6 Å². The smallest absolute Gasteiger partial charge is 0.317 e. The quantitative estimate of drug-likeness (QED) is 0.664. The van der Waals surface area contributed by atoms with Crippen molar-refractivity contribution in [2.75, 3.05) is 18.8 Å². The second-order valence-corrected chi connectivity index (χ2v) is 8.04. The van der Waals surface area contributed by atoms with E-state index in [4.69, 9.17) is 5.73 Å². The topological polar surface area (TPSA) is 87.5 Å². The number of likely N-dealkylation sites (tertiary alicyclic amines) is 1. The number of urea groups is 1. The maximum atomic E-state index is 13.5. The van der Waals surface area contributed by atoms with Gasteiger partial charge in [-0.3, -0.25) is 4.79 Å². The van der Waals surface area contributed by atoms with Crippen molar-refractivity contribution < 1.29 is 18.4 Å². The lowest BCUT2D eigenvalue weighted by atomic mass is 9.74. The number of hydrogen-bond donors (Lipinski definition) is 3. The summed E-state index contributed by atoms with van der Waals surface area (Å²) in [7, 11) is 0. The fraction of sp³-hybridized carbons (Fsp3) is 0.429. The van der Waals surface area contributed by atoms with Crippen molar-refractivity contribution in [2.45, 2.75) is 37.8 Å². The molecule has 1 spiro atoms. The van der Waals surface area contributed by atoms with E-state index in [0.29, 0.717) is 32.4 Å². The van der Waals surface area contributed by atoms with Gasteiger partial charge in [0.25, 0.3) is 0 Å². The maximum Gasteiger partial charge on any atom is 0.317 e. The molecule has 0 bridgehead atoms. The zero-order valence-electron chi connectivity index (χ0n) is 16.0. The normalized spacial score (nSPS) is 23.0. The first-order chi connectivity index (χ1) is 13.8. The van der Waals surface area contributed by atoms with Crippen LogP contribution in [0.15, 0.2) is 41.9 Å². The summed E-state index contributed by atoms with van der Waals surface area (Å²) in [6.45, 7) is 1.29. The van der Waals surface area contributed by atoms with E-state index in [1.807, 2.05) is 0 Å². The molecular weight excluding hydrogens is 378 g/mol. The number of nitrogens with zero attached hydrogens (tertiary/aromatic N) is 1. The largest absolute Gasteiger partial charge is 0.396 e. The second-order valence-electron chi connectivity index (χ2n) is 8.04. The van der Waals surface area contributed by atoms with E-state index in [1.54, 1.807) is 17.0 Å². The Morgan fingerprint density at radius 2 is 2.03 bits per heavy atom. The monoisotopic (exact) mass is 402 g/mol. The molecule has 2 aliphatic heterocycles. The summed E-state index contributed by atoms with van der Waals surface area (Å²) in [6, 6.07) is 4.16. The molecule has 154 valence electrons. The molecule has 0 radical (unpaired) electrons. The highest BCUT2D eigenvalue weighted by atomic mass is 19.1. The number of carbonyl (C=O) groups is 2. The van der Waals surface area contributed by atoms with Crippen LogP contribution in [-0.2, 0) is 11.3 Å². The highest BCUT2D eigenvalue weighted by Crippen LogP contribution is 2.38. The third kappa shape index (κ3) is 3.97. The van der Waals surface area contributed by atoms with Crippen LogP contribution in [0.3, 0.4) is 0 Å². The number of halogens is 2. The van der Waals surface area contributed by atoms with Gasteiger partial charge in [0.15, 0.2) is 0 Å². The van der Waals surface area contributed by atoms with E-state index in [1.165, 1.54) is 18.2 Å². The van der Waals surface area contributed by atoms with E-state index >= 15 is 0 Å². The number of nitrogen functional groups attached to an aromatic ring is 1. The zero-order chi connectivity index (χ0) is 20.6. The number of fused-ring (bicyclic) bond motifs is 1. The van der Waals surface area contributed by atoms with Crippen LogP contribution in [0.2, 0.25) is 0 Å². The Labute approximate surface area is 167 Å². The number of nitrogens with one attached hydrogen (secondary N) is 2. The lowest BCUT2D eigenvalue weighted by molar-refractivity contribution is -0.125. The number of benzene rings is 1. The first kappa shape index (κ1) is 19.4. The molecule has 0 aromatic heterocycles. The molecule has 3 aliphatic rings. The average Bonchev–Trinajstić information content (AvgIpc) is 2.70. The molecule has 2 amide bonds. The number of anilines is 1. The van der Waals surface area contributed by atoms with Gasteiger partial charge < -0.3 is 21.3 Å². The van der Waals surface area contributed by atoms with Crippen LogP contribution in [0.1, 0.15) is 31.2 Å². The number of nitrogens with two attached hydrogens (primary N) is 1. The van der Waals surface area contributed by atoms with Gasteiger partial charge >= 0.3 is 6.03 Å². The number of Topliss-reactive ketones (excluding diaryl/α,β-unsaturated/α-hetero) is 1. The van der Waals surface area contributed by atoms with Gasteiger partial charge in [-0.1, -0.05) is 6.07 Å². The Morgan fingerprint density at radius 1 is 1.28 bits per heavy atom. The van der Waals surface area contributed by atoms with Gasteiger partial charge in [-0.05, 0) is 42.7 Å². The molecule has 0 saturated carbocycles. The SMILES string of the molecule is Nc1cc(CNC(=O)N2CCC3(CC2)CC(=O)[C@@H]2CC(F)=CC=C2N3)ccc1F. The Balaban J connectivity index is 1.33. The summed E-state index contributed by atoms with van der Waals surface area (Å²) < 4.78 is 26.7. The minimum absolute atomic E-state index is 0.0507. The number of carbonyl (C=O) groups excluding carboxylic acids is 2. The Bertz CT molecular complexity index is 904. The predicted molar refractivity (Wildman–Crippen MR) is 105 cm³/mol. The van der Waals surface area contributed by atoms with Crippen molar-refractivity contribution >= 4 is 17.5 Å². The minimum Gasteiger partial charge on any atom is -0.396 e. The first-order valence-electron chi connectivity index (χ1n) is 9.79.